The molecule has 25 heavy (non-hydrogen) atoms. The van der Waals surface area contributed by atoms with Crippen LogP contribution in [0.1, 0.15) is 36.6 Å². The molecule has 0 N–H and O–H groups in total. The lowest BCUT2D eigenvalue weighted by molar-refractivity contribution is -0.134. The summed E-state index contributed by atoms with van der Waals surface area (Å²) in [5, 5.41) is 4.24. The minimum absolute atomic E-state index is 0.0429. The van der Waals surface area contributed by atoms with E-state index in [2.05, 4.69) is 15.1 Å². The predicted octanol–water partition coefficient (Wildman–Crippen LogP) is 2.56. The van der Waals surface area contributed by atoms with Crippen LogP contribution in [-0.2, 0) is 11.2 Å². The molecule has 3 heterocycles. The van der Waals surface area contributed by atoms with Crippen molar-refractivity contribution in [1.82, 2.24) is 24.5 Å². The van der Waals surface area contributed by atoms with E-state index in [1.165, 1.54) is 18.5 Å². The lowest BCUT2D eigenvalue weighted by Gasteiger charge is -2.36. The number of piperidine rings is 1. The van der Waals surface area contributed by atoms with Crippen molar-refractivity contribution in [3.8, 4) is 0 Å². The van der Waals surface area contributed by atoms with E-state index in [1.54, 1.807) is 22.8 Å². The van der Waals surface area contributed by atoms with Crippen molar-refractivity contribution < 1.29 is 9.18 Å². The van der Waals surface area contributed by atoms with E-state index in [0.29, 0.717) is 12.3 Å². The molecule has 0 bridgehead atoms. The number of hydrogen-bond donors (Lipinski definition) is 0. The Kier molecular flexibility index (Phi) is 4.13. The summed E-state index contributed by atoms with van der Waals surface area (Å²) in [6.45, 7) is 0.712. The molecule has 1 amide bonds. The molecule has 6 nitrogen and oxygen atoms in total. The molecule has 128 valence electrons. The molecule has 3 aromatic rings. The number of aromatic nitrogens is 4. The third-order valence-corrected chi connectivity index (χ3v) is 4.64. The largest absolute Gasteiger partial charge is 0.334 e. The Labute approximate surface area is 144 Å². The number of benzene rings is 1. The monoisotopic (exact) mass is 339 g/mol. The van der Waals surface area contributed by atoms with E-state index in [1.807, 2.05) is 11.0 Å². The van der Waals surface area contributed by atoms with E-state index >= 15 is 0 Å². The number of amides is 1. The normalized spacial score (nSPS) is 17.8. The van der Waals surface area contributed by atoms with Crippen LogP contribution in [0.15, 0.2) is 42.9 Å². The van der Waals surface area contributed by atoms with Gasteiger partial charge in [-0.15, -0.1) is 0 Å². The van der Waals surface area contributed by atoms with Gasteiger partial charge >= 0.3 is 0 Å². The van der Waals surface area contributed by atoms with Crippen molar-refractivity contribution in [1.29, 1.82) is 0 Å². The molecule has 1 atom stereocenters. The summed E-state index contributed by atoms with van der Waals surface area (Å²) in [5.74, 6) is 0.285. The first kappa shape index (κ1) is 15.7. The maximum absolute atomic E-state index is 13.1. The fourth-order valence-electron chi connectivity index (χ4n) is 3.42. The summed E-state index contributed by atoms with van der Waals surface area (Å²) in [6.07, 6.45) is 6.37. The van der Waals surface area contributed by atoms with Gasteiger partial charge < -0.3 is 4.90 Å². The predicted molar refractivity (Wildman–Crippen MR) is 89.2 cm³/mol. The molecule has 1 aliphatic heterocycles. The Hall–Kier alpha value is -2.83. The standard InChI is InChI=1S/C18H18FN5O/c19-14-6-4-13(5-7-14)11-17(25)23-10-2-1-3-15(23)16-8-9-20-18-21-12-22-24(16)18/h4-9,12,15H,1-3,10-11H2. The number of carbonyl (C=O) groups excluding carboxylic acids is 1. The molecular formula is C18H18FN5O. The second kappa shape index (κ2) is 6.58. The van der Waals surface area contributed by atoms with Gasteiger partial charge in [0.2, 0.25) is 5.91 Å². The number of nitrogens with zero attached hydrogens (tertiary/aromatic N) is 5. The maximum atomic E-state index is 13.1. The minimum Gasteiger partial charge on any atom is -0.334 e. The molecule has 0 saturated carbocycles. The van der Waals surface area contributed by atoms with Crippen molar-refractivity contribution in [3.63, 3.8) is 0 Å². The number of halogens is 1. The quantitative estimate of drug-likeness (QED) is 0.736. The van der Waals surface area contributed by atoms with Crippen molar-refractivity contribution >= 4 is 11.7 Å². The fourth-order valence-corrected chi connectivity index (χ4v) is 3.42. The summed E-state index contributed by atoms with van der Waals surface area (Å²) in [6, 6.07) is 7.95. The number of fused-ring (bicyclic) bond motifs is 1. The molecule has 1 unspecified atom stereocenters. The van der Waals surface area contributed by atoms with E-state index in [-0.39, 0.29) is 24.2 Å². The SMILES string of the molecule is O=C(Cc1ccc(F)cc1)N1CCCCC1c1ccnc2ncnn12. The molecule has 1 aliphatic rings. The highest BCUT2D eigenvalue weighted by atomic mass is 19.1. The van der Waals surface area contributed by atoms with E-state index in [0.717, 1.165) is 30.5 Å². The molecule has 1 aromatic carbocycles. The zero-order valence-electron chi connectivity index (χ0n) is 13.7. The fraction of sp³-hybridized carbons (Fsp3) is 0.333. The van der Waals surface area contributed by atoms with Crippen LogP contribution < -0.4 is 0 Å². The van der Waals surface area contributed by atoms with E-state index in [9.17, 15) is 9.18 Å². The van der Waals surface area contributed by atoms with Crippen LogP contribution >= 0.6 is 0 Å². The van der Waals surface area contributed by atoms with Crippen molar-refractivity contribution in [2.45, 2.75) is 31.7 Å². The average molecular weight is 339 g/mol. The Bertz CT molecular complexity index is 892. The first-order chi connectivity index (χ1) is 12.2. The molecule has 0 aliphatic carbocycles. The lowest BCUT2D eigenvalue weighted by Crippen LogP contribution is -2.40. The molecule has 4 rings (SSSR count). The first-order valence-electron chi connectivity index (χ1n) is 8.41. The third-order valence-electron chi connectivity index (χ3n) is 4.64. The Morgan fingerprint density at radius 2 is 2.00 bits per heavy atom. The van der Waals surface area contributed by atoms with Gasteiger partial charge in [-0.25, -0.2) is 9.37 Å². The molecular weight excluding hydrogens is 321 g/mol. The van der Waals surface area contributed by atoms with Gasteiger partial charge in [-0.2, -0.15) is 14.6 Å². The summed E-state index contributed by atoms with van der Waals surface area (Å²) in [7, 11) is 0. The van der Waals surface area contributed by atoms with Crippen LogP contribution in [0.25, 0.3) is 5.78 Å². The molecule has 0 radical (unpaired) electrons. The van der Waals surface area contributed by atoms with Gasteiger partial charge in [0.1, 0.15) is 12.1 Å². The summed E-state index contributed by atoms with van der Waals surface area (Å²) in [4.78, 5) is 23.1. The average Bonchev–Trinajstić information content (AvgIpc) is 3.12. The maximum Gasteiger partial charge on any atom is 0.252 e. The van der Waals surface area contributed by atoms with E-state index in [4.69, 9.17) is 0 Å². The Morgan fingerprint density at radius 3 is 2.84 bits per heavy atom. The zero-order chi connectivity index (χ0) is 17.2. The highest BCUT2D eigenvalue weighted by Gasteiger charge is 2.30. The van der Waals surface area contributed by atoms with Gasteiger partial charge in [0, 0.05) is 12.7 Å². The number of hydrogen-bond acceptors (Lipinski definition) is 4. The minimum atomic E-state index is -0.294. The molecule has 2 aromatic heterocycles. The lowest BCUT2D eigenvalue weighted by atomic mass is 9.98. The van der Waals surface area contributed by atoms with Crippen molar-refractivity contribution in [2.75, 3.05) is 6.54 Å². The van der Waals surface area contributed by atoms with Gasteiger partial charge in [-0.3, -0.25) is 4.79 Å². The van der Waals surface area contributed by atoms with Crippen molar-refractivity contribution in [2.24, 2.45) is 0 Å². The summed E-state index contributed by atoms with van der Waals surface area (Å²) < 4.78 is 14.8. The Morgan fingerprint density at radius 1 is 1.16 bits per heavy atom. The summed E-state index contributed by atoms with van der Waals surface area (Å²) >= 11 is 0. The first-order valence-corrected chi connectivity index (χ1v) is 8.41. The molecule has 1 saturated heterocycles. The smallest absolute Gasteiger partial charge is 0.252 e. The van der Waals surface area contributed by atoms with Gasteiger partial charge in [0.15, 0.2) is 0 Å². The third kappa shape index (κ3) is 3.09. The van der Waals surface area contributed by atoms with Crippen molar-refractivity contribution in [3.05, 3.63) is 59.9 Å². The zero-order valence-corrected chi connectivity index (χ0v) is 13.7. The highest BCUT2D eigenvalue weighted by molar-refractivity contribution is 5.79. The topological polar surface area (TPSA) is 63.4 Å². The summed E-state index contributed by atoms with van der Waals surface area (Å²) in [5.41, 5.74) is 1.74. The second-order valence-electron chi connectivity index (χ2n) is 6.24. The van der Waals surface area contributed by atoms with Crippen LogP contribution in [0.2, 0.25) is 0 Å². The number of rotatable bonds is 3. The molecule has 0 spiro atoms. The van der Waals surface area contributed by atoms with Gasteiger partial charge in [0.05, 0.1) is 18.2 Å². The highest BCUT2D eigenvalue weighted by Crippen LogP contribution is 2.31. The number of likely N-dealkylation sites (tertiary alicyclic amines) is 1. The van der Waals surface area contributed by atoms with Gasteiger partial charge in [0.25, 0.3) is 5.78 Å². The Balaban J connectivity index is 1.61. The van der Waals surface area contributed by atoms with Crippen LogP contribution in [-0.4, -0.2) is 36.9 Å². The molecule has 7 heteroatoms. The number of carbonyl (C=O) groups is 1. The second-order valence-corrected chi connectivity index (χ2v) is 6.24. The van der Waals surface area contributed by atoms with Crippen LogP contribution in [0, 0.1) is 5.82 Å². The van der Waals surface area contributed by atoms with Gasteiger partial charge in [-0.05, 0) is 43.0 Å². The van der Waals surface area contributed by atoms with Gasteiger partial charge in [-0.1, -0.05) is 12.1 Å². The van der Waals surface area contributed by atoms with Crippen LogP contribution in [0.4, 0.5) is 4.39 Å². The molecule has 1 fully saturated rings. The van der Waals surface area contributed by atoms with E-state index < -0.39 is 0 Å². The van der Waals surface area contributed by atoms with Crippen LogP contribution in [0.5, 0.6) is 0 Å². The van der Waals surface area contributed by atoms with Crippen LogP contribution in [0.3, 0.4) is 0 Å².